The first-order valence-corrected chi connectivity index (χ1v) is 3.16. The van der Waals surface area contributed by atoms with Crippen LogP contribution in [0.3, 0.4) is 0 Å². The van der Waals surface area contributed by atoms with Gasteiger partial charge in [0, 0.05) is 5.56 Å². The summed E-state index contributed by atoms with van der Waals surface area (Å²) >= 11 is 3.91. The van der Waals surface area contributed by atoms with Gasteiger partial charge in [-0.15, -0.1) is 12.6 Å². The van der Waals surface area contributed by atoms with Crippen LogP contribution in [-0.4, -0.2) is 11.4 Å². The molecule has 3 heteroatoms. The molecule has 0 atom stereocenters. The number of hydrogen-bond acceptors (Lipinski definition) is 3. The Morgan fingerprint density at radius 3 is 2.70 bits per heavy atom. The maximum absolute atomic E-state index is 10.2. The molecule has 0 aliphatic rings. The molecule has 52 valence electrons. The summed E-state index contributed by atoms with van der Waals surface area (Å²) in [4.78, 5) is 10.6. The van der Waals surface area contributed by atoms with E-state index in [1.807, 2.05) is 0 Å². The Hall–Kier alpha value is -0.960. The van der Waals surface area contributed by atoms with Crippen molar-refractivity contribution in [2.75, 3.05) is 0 Å². The molecule has 0 heterocycles. The Morgan fingerprint density at radius 2 is 2.20 bits per heavy atom. The number of carbonyl (C=O) groups excluding carboxylic acids is 1. The largest absolute Gasteiger partial charge is 0.507 e. The second-order valence-corrected chi connectivity index (χ2v) is 2.28. The van der Waals surface area contributed by atoms with Crippen molar-refractivity contribution in [1.82, 2.24) is 0 Å². The van der Waals surface area contributed by atoms with Crippen molar-refractivity contribution in [3.8, 4) is 5.75 Å². The van der Waals surface area contributed by atoms with Gasteiger partial charge in [-0.2, -0.15) is 0 Å². The highest BCUT2D eigenvalue weighted by Crippen LogP contribution is 2.22. The lowest BCUT2D eigenvalue weighted by atomic mass is 10.2. The molecule has 0 fully saturated rings. The number of aldehydes is 1. The number of hydrogen-bond donors (Lipinski definition) is 2. The van der Waals surface area contributed by atoms with Gasteiger partial charge in [-0.1, -0.05) is 12.1 Å². The van der Waals surface area contributed by atoms with Crippen molar-refractivity contribution in [2.45, 2.75) is 4.90 Å². The van der Waals surface area contributed by atoms with Crippen LogP contribution in [0.2, 0.25) is 0 Å². The zero-order valence-electron chi connectivity index (χ0n) is 5.11. The Balaban J connectivity index is 3.27. The molecule has 0 aromatic heterocycles. The average Bonchev–Trinajstić information content (AvgIpc) is 1.95. The van der Waals surface area contributed by atoms with Gasteiger partial charge >= 0.3 is 0 Å². The quantitative estimate of drug-likeness (QED) is 0.475. The molecule has 0 saturated carbocycles. The normalized spacial score (nSPS) is 9.30. The summed E-state index contributed by atoms with van der Waals surface area (Å²) < 4.78 is 0. The molecule has 2 nitrogen and oxygen atoms in total. The minimum Gasteiger partial charge on any atom is -0.507 e. The predicted octanol–water partition coefficient (Wildman–Crippen LogP) is 1.49. The highest BCUT2D eigenvalue weighted by molar-refractivity contribution is 7.80. The fourth-order valence-corrected chi connectivity index (χ4v) is 0.846. The number of carbonyl (C=O) groups is 1. The van der Waals surface area contributed by atoms with E-state index >= 15 is 0 Å². The number of phenolic OH excluding ortho intramolecular Hbond substituents is 1. The van der Waals surface area contributed by atoms with Gasteiger partial charge in [0.2, 0.25) is 0 Å². The SMILES string of the molecule is O=Cc1cccc(O)c1S. The van der Waals surface area contributed by atoms with Crippen molar-refractivity contribution in [3.63, 3.8) is 0 Å². The Kier molecular flexibility index (Phi) is 1.97. The maximum Gasteiger partial charge on any atom is 0.151 e. The smallest absolute Gasteiger partial charge is 0.151 e. The van der Waals surface area contributed by atoms with E-state index in [1.165, 1.54) is 6.07 Å². The maximum atomic E-state index is 10.2. The first-order chi connectivity index (χ1) is 4.75. The van der Waals surface area contributed by atoms with E-state index in [2.05, 4.69) is 12.6 Å². The minimum absolute atomic E-state index is 0.0351. The van der Waals surface area contributed by atoms with E-state index in [1.54, 1.807) is 12.1 Å². The van der Waals surface area contributed by atoms with Crippen LogP contribution in [-0.2, 0) is 0 Å². The molecule has 0 aliphatic heterocycles. The monoisotopic (exact) mass is 154 g/mol. The first kappa shape index (κ1) is 7.15. The minimum atomic E-state index is 0.0351. The van der Waals surface area contributed by atoms with Gasteiger partial charge in [-0.05, 0) is 6.07 Å². The third-order valence-corrected chi connectivity index (χ3v) is 1.66. The molecular weight excluding hydrogens is 148 g/mol. The van der Waals surface area contributed by atoms with E-state index in [0.717, 1.165) is 0 Å². The van der Waals surface area contributed by atoms with Crippen LogP contribution >= 0.6 is 12.6 Å². The highest BCUT2D eigenvalue weighted by atomic mass is 32.1. The Bertz CT molecular complexity index is 258. The first-order valence-electron chi connectivity index (χ1n) is 2.72. The van der Waals surface area contributed by atoms with E-state index in [0.29, 0.717) is 16.7 Å². The van der Waals surface area contributed by atoms with Crippen LogP contribution in [0.15, 0.2) is 23.1 Å². The van der Waals surface area contributed by atoms with E-state index < -0.39 is 0 Å². The third-order valence-electron chi connectivity index (χ3n) is 1.17. The van der Waals surface area contributed by atoms with Crippen LogP contribution in [0.4, 0.5) is 0 Å². The van der Waals surface area contributed by atoms with Crippen molar-refractivity contribution >= 4 is 18.9 Å². The second-order valence-electron chi connectivity index (χ2n) is 1.83. The Morgan fingerprint density at radius 1 is 1.50 bits per heavy atom. The number of thiol groups is 1. The van der Waals surface area contributed by atoms with Crippen molar-refractivity contribution in [3.05, 3.63) is 23.8 Å². The molecule has 0 amide bonds. The molecule has 0 spiro atoms. The molecule has 0 bridgehead atoms. The summed E-state index contributed by atoms with van der Waals surface area (Å²) in [5.74, 6) is 0.0351. The molecular formula is C7H6O2S. The summed E-state index contributed by atoms with van der Waals surface area (Å²) in [6, 6.07) is 4.67. The summed E-state index contributed by atoms with van der Waals surface area (Å²) in [6.45, 7) is 0. The lowest BCUT2D eigenvalue weighted by molar-refractivity contribution is 0.112. The molecule has 0 saturated heterocycles. The molecule has 10 heavy (non-hydrogen) atoms. The van der Waals surface area contributed by atoms with Crippen LogP contribution in [0.25, 0.3) is 0 Å². The van der Waals surface area contributed by atoms with Gasteiger partial charge in [0.1, 0.15) is 5.75 Å². The zero-order valence-corrected chi connectivity index (χ0v) is 6.01. The lowest BCUT2D eigenvalue weighted by Crippen LogP contribution is -1.81. The molecule has 0 unspecified atom stereocenters. The standard InChI is InChI=1S/C7H6O2S/c8-4-5-2-1-3-6(9)7(5)10/h1-4,9-10H. The van der Waals surface area contributed by atoms with Crippen molar-refractivity contribution in [1.29, 1.82) is 0 Å². The molecule has 1 N–H and O–H groups in total. The summed E-state index contributed by atoms with van der Waals surface area (Å²) in [6.07, 6.45) is 0.655. The number of rotatable bonds is 1. The van der Waals surface area contributed by atoms with Crippen molar-refractivity contribution in [2.24, 2.45) is 0 Å². The van der Waals surface area contributed by atoms with Gasteiger partial charge in [-0.25, -0.2) is 0 Å². The van der Waals surface area contributed by atoms with E-state index in [9.17, 15) is 4.79 Å². The summed E-state index contributed by atoms with van der Waals surface area (Å²) in [5, 5.41) is 9.00. The zero-order chi connectivity index (χ0) is 7.56. The van der Waals surface area contributed by atoms with Crippen molar-refractivity contribution < 1.29 is 9.90 Å². The molecule has 0 aliphatic carbocycles. The molecule has 1 aromatic carbocycles. The van der Waals surface area contributed by atoms with E-state index in [-0.39, 0.29) is 5.75 Å². The number of aromatic hydroxyl groups is 1. The second kappa shape index (κ2) is 2.75. The van der Waals surface area contributed by atoms with Gasteiger partial charge in [-0.3, -0.25) is 4.79 Å². The molecule has 0 radical (unpaired) electrons. The molecule has 1 rings (SSSR count). The van der Waals surface area contributed by atoms with Gasteiger partial charge in [0.15, 0.2) is 6.29 Å². The van der Waals surface area contributed by atoms with Crippen LogP contribution in [0.1, 0.15) is 10.4 Å². The van der Waals surface area contributed by atoms with Crippen LogP contribution < -0.4 is 0 Å². The Labute approximate surface area is 63.9 Å². The highest BCUT2D eigenvalue weighted by Gasteiger charge is 1.99. The summed E-state index contributed by atoms with van der Waals surface area (Å²) in [7, 11) is 0. The van der Waals surface area contributed by atoms with Crippen LogP contribution in [0, 0.1) is 0 Å². The summed E-state index contributed by atoms with van der Waals surface area (Å²) in [5.41, 5.74) is 0.406. The topological polar surface area (TPSA) is 37.3 Å². The lowest BCUT2D eigenvalue weighted by Gasteiger charge is -1.97. The fourth-order valence-electron chi connectivity index (χ4n) is 0.644. The molecule has 1 aromatic rings. The average molecular weight is 154 g/mol. The predicted molar refractivity (Wildman–Crippen MR) is 40.7 cm³/mol. The van der Waals surface area contributed by atoms with Gasteiger partial charge in [0.25, 0.3) is 0 Å². The number of benzene rings is 1. The van der Waals surface area contributed by atoms with Gasteiger partial charge < -0.3 is 5.11 Å². The number of phenols is 1. The van der Waals surface area contributed by atoms with E-state index in [4.69, 9.17) is 5.11 Å². The fraction of sp³-hybridized carbons (Fsp3) is 0. The third kappa shape index (κ3) is 1.14. The van der Waals surface area contributed by atoms with Gasteiger partial charge in [0.05, 0.1) is 4.90 Å². The van der Waals surface area contributed by atoms with Crippen LogP contribution in [0.5, 0.6) is 5.75 Å².